The zero-order chi connectivity index (χ0) is 13.4. The Hall–Kier alpha value is -1.35. The number of benzene rings is 1. The van der Waals surface area contributed by atoms with Gasteiger partial charge in [-0.25, -0.2) is 0 Å². The van der Waals surface area contributed by atoms with Gasteiger partial charge in [0.05, 0.1) is 0 Å². The van der Waals surface area contributed by atoms with E-state index >= 15 is 0 Å². The van der Waals surface area contributed by atoms with Crippen molar-refractivity contribution in [2.24, 2.45) is 5.92 Å². The zero-order valence-electron chi connectivity index (χ0n) is 11.6. The third-order valence-corrected chi connectivity index (χ3v) is 3.04. The first-order chi connectivity index (χ1) is 8.67. The molecule has 1 amide bonds. The molecule has 3 nitrogen and oxygen atoms in total. The molecule has 0 aliphatic carbocycles. The largest absolute Gasteiger partial charge is 0.326 e. The first kappa shape index (κ1) is 14.7. The summed E-state index contributed by atoms with van der Waals surface area (Å²) in [7, 11) is 0. The van der Waals surface area contributed by atoms with Gasteiger partial charge in [-0.3, -0.25) is 4.79 Å². The van der Waals surface area contributed by atoms with Gasteiger partial charge in [0.25, 0.3) is 0 Å². The summed E-state index contributed by atoms with van der Waals surface area (Å²) >= 11 is 0. The van der Waals surface area contributed by atoms with Crippen molar-refractivity contribution in [3.8, 4) is 0 Å². The highest BCUT2D eigenvalue weighted by Gasteiger charge is 2.09. The molecule has 1 aromatic carbocycles. The van der Waals surface area contributed by atoms with Gasteiger partial charge in [0, 0.05) is 18.2 Å². The molecule has 2 N–H and O–H groups in total. The Morgan fingerprint density at radius 1 is 1.22 bits per heavy atom. The Morgan fingerprint density at radius 3 is 2.44 bits per heavy atom. The van der Waals surface area contributed by atoms with Gasteiger partial charge in [-0.1, -0.05) is 32.9 Å². The van der Waals surface area contributed by atoms with Crippen LogP contribution in [0.3, 0.4) is 0 Å². The minimum absolute atomic E-state index is 0.0656. The lowest BCUT2D eigenvalue weighted by molar-refractivity contribution is -0.119. The molecule has 1 aromatic rings. The standard InChI is InChI=1S/C15H24N2O/c1-4-10-16-11-13-6-8-14(9-7-13)17-15(18)12(3)5-2/h6-9,12,16H,4-5,10-11H2,1-3H3,(H,17,18)/t12-/m0/s1. The Morgan fingerprint density at radius 2 is 1.89 bits per heavy atom. The van der Waals surface area contributed by atoms with E-state index < -0.39 is 0 Å². The molecule has 0 aliphatic rings. The van der Waals surface area contributed by atoms with E-state index in [4.69, 9.17) is 0 Å². The van der Waals surface area contributed by atoms with Crippen molar-refractivity contribution < 1.29 is 4.79 Å². The number of nitrogens with one attached hydrogen (secondary N) is 2. The average Bonchev–Trinajstić information content (AvgIpc) is 2.40. The number of hydrogen-bond donors (Lipinski definition) is 2. The fourth-order valence-corrected chi connectivity index (χ4v) is 1.57. The highest BCUT2D eigenvalue weighted by molar-refractivity contribution is 5.92. The third kappa shape index (κ3) is 4.88. The zero-order valence-corrected chi connectivity index (χ0v) is 11.6. The second-order valence-electron chi connectivity index (χ2n) is 4.67. The van der Waals surface area contributed by atoms with Crippen LogP contribution in [0.15, 0.2) is 24.3 Å². The maximum absolute atomic E-state index is 11.7. The lowest BCUT2D eigenvalue weighted by Gasteiger charge is -2.10. The molecule has 0 aliphatic heterocycles. The predicted molar refractivity (Wildman–Crippen MR) is 76.5 cm³/mol. The molecule has 18 heavy (non-hydrogen) atoms. The third-order valence-electron chi connectivity index (χ3n) is 3.04. The van der Waals surface area contributed by atoms with Crippen molar-refractivity contribution in [3.05, 3.63) is 29.8 Å². The second kappa shape index (κ2) is 7.88. The van der Waals surface area contributed by atoms with Crippen LogP contribution >= 0.6 is 0 Å². The van der Waals surface area contributed by atoms with E-state index in [0.717, 1.165) is 31.6 Å². The van der Waals surface area contributed by atoms with Gasteiger partial charge in [0.1, 0.15) is 0 Å². The van der Waals surface area contributed by atoms with E-state index in [-0.39, 0.29) is 11.8 Å². The van der Waals surface area contributed by atoms with Crippen molar-refractivity contribution in [1.29, 1.82) is 0 Å². The molecule has 0 radical (unpaired) electrons. The minimum Gasteiger partial charge on any atom is -0.326 e. The summed E-state index contributed by atoms with van der Waals surface area (Å²) in [6.07, 6.45) is 2.01. The van der Waals surface area contributed by atoms with Gasteiger partial charge in [0.15, 0.2) is 0 Å². The summed E-state index contributed by atoms with van der Waals surface area (Å²) in [6, 6.07) is 8.02. The molecule has 1 rings (SSSR count). The van der Waals surface area contributed by atoms with Crippen LogP contribution < -0.4 is 10.6 Å². The Bertz CT molecular complexity index is 359. The monoisotopic (exact) mass is 248 g/mol. The van der Waals surface area contributed by atoms with E-state index in [1.54, 1.807) is 0 Å². The molecule has 0 saturated heterocycles. The van der Waals surface area contributed by atoms with Crippen LogP contribution in [0, 0.1) is 5.92 Å². The smallest absolute Gasteiger partial charge is 0.227 e. The molecule has 0 heterocycles. The topological polar surface area (TPSA) is 41.1 Å². The SMILES string of the molecule is CCCNCc1ccc(NC(=O)[C@@H](C)CC)cc1. The van der Waals surface area contributed by atoms with Crippen LogP contribution in [0.5, 0.6) is 0 Å². The van der Waals surface area contributed by atoms with Gasteiger partial charge >= 0.3 is 0 Å². The van der Waals surface area contributed by atoms with Gasteiger partial charge in [-0.15, -0.1) is 0 Å². The highest BCUT2D eigenvalue weighted by Crippen LogP contribution is 2.12. The Labute approximate surface area is 110 Å². The number of carbonyl (C=O) groups excluding carboxylic acids is 1. The number of hydrogen-bond acceptors (Lipinski definition) is 2. The fourth-order valence-electron chi connectivity index (χ4n) is 1.57. The molecule has 0 unspecified atom stereocenters. The number of rotatable bonds is 7. The number of anilines is 1. The van der Waals surface area contributed by atoms with E-state index in [1.165, 1.54) is 5.56 Å². The van der Waals surface area contributed by atoms with Crippen LogP contribution in [0.4, 0.5) is 5.69 Å². The number of amides is 1. The predicted octanol–water partition coefficient (Wildman–Crippen LogP) is 3.17. The normalized spacial score (nSPS) is 12.2. The van der Waals surface area contributed by atoms with Crippen molar-refractivity contribution >= 4 is 11.6 Å². The van der Waals surface area contributed by atoms with Gasteiger partial charge in [-0.05, 0) is 37.1 Å². The summed E-state index contributed by atoms with van der Waals surface area (Å²) in [5, 5.41) is 6.28. The summed E-state index contributed by atoms with van der Waals surface area (Å²) in [5.74, 6) is 0.158. The molecule has 0 aromatic heterocycles. The van der Waals surface area contributed by atoms with Crippen LogP contribution in [0.1, 0.15) is 39.2 Å². The van der Waals surface area contributed by atoms with E-state index in [0.29, 0.717) is 0 Å². The summed E-state index contributed by atoms with van der Waals surface area (Å²) in [6.45, 7) is 8.03. The Kier molecular flexibility index (Phi) is 6.44. The van der Waals surface area contributed by atoms with E-state index in [9.17, 15) is 4.79 Å². The summed E-state index contributed by atoms with van der Waals surface area (Å²) in [5.41, 5.74) is 2.12. The molecule has 1 atom stereocenters. The molecule has 0 bridgehead atoms. The van der Waals surface area contributed by atoms with Crippen LogP contribution in [0.2, 0.25) is 0 Å². The molecular weight excluding hydrogens is 224 g/mol. The van der Waals surface area contributed by atoms with Crippen LogP contribution in [-0.2, 0) is 11.3 Å². The van der Waals surface area contributed by atoms with E-state index in [2.05, 4.69) is 29.7 Å². The second-order valence-corrected chi connectivity index (χ2v) is 4.67. The lowest BCUT2D eigenvalue weighted by Crippen LogP contribution is -2.19. The molecule has 0 fully saturated rings. The van der Waals surface area contributed by atoms with Crippen LogP contribution in [0.25, 0.3) is 0 Å². The lowest BCUT2D eigenvalue weighted by atomic mass is 10.1. The highest BCUT2D eigenvalue weighted by atomic mass is 16.1. The maximum atomic E-state index is 11.7. The summed E-state index contributed by atoms with van der Waals surface area (Å²) in [4.78, 5) is 11.7. The minimum atomic E-state index is 0.0656. The van der Waals surface area contributed by atoms with Gasteiger partial charge < -0.3 is 10.6 Å². The van der Waals surface area contributed by atoms with Crippen molar-refractivity contribution in [3.63, 3.8) is 0 Å². The first-order valence-corrected chi connectivity index (χ1v) is 6.77. The number of carbonyl (C=O) groups is 1. The summed E-state index contributed by atoms with van der Waals surface area (Å²) < 4.78 is 0. The Balaban J connectivity index is 2.47. The molecule has 100 valence electrons. The quantitative estimate of drug-likeness (QED) is 0.728. The molecule has 3 heteroatoms. The van der Waals surface area contributed by atoms with Gasteiger partial charge in [-0.2, -0.15) is 0 Å². The van der Waals surface area contributed by atoms with Crippen LogP contribution in [-0.4, -0.2) is 12.5 Å². The van der Waals surface area contributed by atoms with Crippen molar-refractivity contribution in [2.45, 2.75) is 40.2 Å². The molecule has 0 saturated carbocycles. The van der Waals surface area contributed by atoms with Gasteiger partial charge in [0.2, 0.25) is 5.91 Å². The average molecular weight is 248 g/mol. The molecule has 0 spiro atoms. The van der Waals surface area contributed by atoms with E-state index in [1.807, 2.05) is 26.0 Å². The first-order valence-electron chi connectivity index (χ1n) is 6.77. The molecular formula is C15H24N2O. The van der Waals surface area contributed by atoms with Crippen molar-refractivity contribution in [2.75, 3.05) is 11.9 Å². The fraction of sp³-hybridized carbons (Fsp3) is 0.533. The van der Waals surface area contributed by atoms with Crippen molar-refractivity contribution in [1.82, 2.24) is 5.32 Å². The maximum Gasteiger partial charge on any atom is 0.227 e.